The lowest BCUT2D eigenvalue weighted by molar-refractivity contribution is 0.415. The molecule has 0 aliphatic rings. The Balaban J connectivity index is 2.02. The van der Waals surface area contributed by atoms with Gasteiger partial charge in [0.1, 0.15) is 17.4 Å². The summed E-state index contributed by atoms with van der Waals surface area (Å²) >= 11 is 5.00. The van der Waals surface area contributed by atoms with E-state index in [0.29, 0.717) is 28.1 Å². The van der Waals surface area contributed by atoms with Gasteiger partial charge < -0.3 is 4.74 Å². The number of hydrogen-bond donors (Lipinski definition) is 1. The number of benzene rings is 2. The van der Waals surface area contributed by atoms with Crippen LogP contribution in [0.25, 0.3) is 11.3 Å². The van der Waals surface area contributed by atoms with Crippen LogP contribution < -0.4 is 10.2 Å². The Bertz CT molecular complexity index is 1140. The zero-order valence-corrected chi connectivity index (χ0v) is 20.8. The van der Waals surface area contributed by atoms with Gasteiger partial charge in [-0.15, -0.1) is 0 Å². The normalized spacial score (nSPS) is 11.3. The molecule has 2 aromatic carbocycles. The molecule has 0 spiro atoms. The highest BCUT2D eigenvalue weighted by Crippen LogP contribution is 2.30. The van der Waals surface area contributed by atoms with E-state index in [4.69, 9.17) is 9.72 Å². The minimum Gasteiger partial charge on any atom is -0.497 e. The fourth-order valence-electron chi connectivity index (χ4n) is 2.78. The quantitative estimate of drug-likeness (QED) is 0.164. The molecule has 1 heterocycles. The van der Waals surface area contributed by atoms with Crippen LogP contribution in [0.2, 0.25) is 0 Å². The van der Waals surface area contributed by atoms with E-state index in [1.807, 2.05) is 55.5 Å². The van der Waals surface area contributed by atoms with Crippen molar-refractivity contribution in [2.45, 2.75) is 25.9 Å². The molecule has 1 aromatic heterocycles. The molecular weight excluding hydrogens is 486 g/mol. The third kappa shape index (κ3) is 6.09. The molecule has 1 N–H and O–H groups in total. The van der Waals surface area contributed by atoms with Gasteiger partial charge >= 0.3 is 0 Å². The summed E-state index contributed by atoms with van der Waals surface area (Å²) in [6, 6.07) is 17.6. The van der Waals surface area contributed by atoms with E-state index in [9.17, 15) is 5.26 Å². The number of aromatic nitrogens is 2. The summed E-state index contributed by atoms with van der Waals surface area (Å²) in [4.78, 5) is 9.29. The fraction of sp³-hybridized carbons (Fsp3) is 0.250. The number of nitrogens with one attached hydrogen (secondary N) is 1. The van der Waals surface area contributed by atoms with Crippen molar-refractivity contribution in [2.24, 2.45) is 11.0 Å². The van der Waals surface area contributed by atoms with E-state index in [-0.39, 0.29) is 0 Å². The number of anilines is 1. The molecule has 0 radical (unpaired) electrons. The van der Waals surface area contributed by atoms with Crippen LogP contribution in [-0.2, 0) is 0 Å². The summed E-state index contributed by atoms with van der Waals surface area (Å²) in [5.41, 5.74) is 6.47. The zero-order valence-electron chi connectivity index (χ0n) is 18.4. The first-order valence-corrected chi connectivity index (χ1v) is 11.8. The molecule has 0 saturated heterocycles. The first-order valence-electron chi connectivity index (χ1n) is 10.1. The zero-order chi connectivity index (χ0) is 23.1. The van der Waals surface area contributed by atoms with E-state index in [2.05, 4.69) is 51.4 Å². The Hall–Kier alpha value is -2.89. The van der Waals surface area contributed by atoms with E-state index < -0.39 is 0 Å². The Kier molecular flexibility index (Phi) is 8.26. The van der Waals surface area contributed by atoms with Gasteiger partial charge in [-0.25, -0.2) is 9.97 Å². The van der Waals surface area contributed by atoms with Gasteiger partial charge in [-0.3, -0.25) is 5.43 Å². The summed E-state index contributed by atoms with van der Waals surface area (Å²) in [5.74, 6) is 2.48. The van der Waals surface area contributed by atoms with Gasteiger partial charge in [0.2, 0.25) is 0 Å². The lowest BCUT2D eigenvalue weighted by atomic mass is 10.1. The number of nitrogens with zero attached hydrogens (tertiary/aromatic N) is 4. The summed E-state index contributed by atoms with van der Waals surface area (Å²) in [6.45, 7) is 6.19. The maximum atomic E-state index is 9.93. The van der Waals surface area contributed by atoms with Crippen LogP contribution in [0.1, 0.15) is 31.9 Å². The molecule has 0 amide bonds. The standard InChI is InChI=1S/C24H24BrN5OS/c1-15(2)14-32-24-27-22(18-7-11-20(31-4)12-8-18)21(13-26)23(28-24)30-29-16(3)17-5-9-19(25)10-6-17/h5-12,15H,14H2,1-4H3,(H,27,28,30)/b29-16-. The number of nitriles is 1. The van der Waals surface area contributed by atoms with Crippen molar-refractivity contribution in [3.05, 3.63) is 64.1 Å². The average Bonchev–Trinajstić information content (AvgIpc) is 2.81. The Labute approximate surface area is 201 Å². The van der Waals surface area contributed by atoms with Crippen molar-refractivity contribution in [2.75, 3.05) is 18.3 Å². The monoisotopic (exact) mass is 509 g/mol. The second-order valence-corrected chi connectivity index (χ2v) is 9.34. The second-order valence-electron chi connectivity index (χ2n) is 7.44. The SMILES string of the molecule is COc1ccc(-c2nc(SCC(C)C)nc(N/N=C(/C)c3ccc(Br)cc3)c2C#N)cc1. The van der Waals surface area contributed by atoms with E-state index in [0.717, 1.165) is 32.8 Å². The number of methoxy groups -OCH3 is 1. The first kappa shape index (κ1) is 23.8. The van der Waals surface area contributed by atoms with Gasteiger partial charge in [-0.05, 0) is 54.8 Å². The average molecular weight is 510 g/mol. The number of rotatable bonds is 8. The Morgan fingerprint density at radius 3 is 2.44 bits per heavy atom. The summed E-state index contributed by atoms with van der Waals surface area (Å²) in [7, 11) is 1.62. The molecule has 0 bridgehead atoms. The first-order chi connectivity index (χ1) is 15.4. The highest BCUT2D eigenvalue weighted by molar-refractivity contribution is 9.10. The summed E-state index contributed by atoms with van der Waals surface area (Å²) in [5, 5.41) is 15.0. The molecule has 0 atom stereocenters. The fourth-order valence-corrected chi connectivity index (χ4v) is 3.84. The van der Waals surface area contributed by atoms with Crippen molar-refractivity contribution in [1.82, 2.24) is 9.97 Å². The minimum absolute atomic E-state index is 0.344. The number of hydrazone groups is 1. The lowest BCUT2D eigenvalue weighted by Gasteiger charge is -2.12. The predicted octanol–water partition coefficient (Wildman–Crippen LogP) is 6.37. The predicted molar refractivity (Wildman–Crippen MR) is 134 cm³/mol. The van der Waals surface area contributed by atoms with Gasteiger partial charge in [0.15, 0.2) is 11.0 Å². The number of ether oxygens (including phenoxy) is 1. The van der Waals surface area contributed by atoms with Crippen LogP contribution in [0, 0.1) is 17.2 Å². The molecule has 32 heavy (non-hydrogen) atoms. The minimum atomic E-state index is 0.344. The molecule has 6 nitrogen and oxygen atoms in total. The third-order valence-corrected chi connectivity index (χ3v) is 6.30. The molecule has 0 unspecified atom stereocenters. The van der Waals surface area contributed by atoms with Gasteiger partial charge in [-0.2, -0.15) is 10.4 Å². The number of hydrogen-bond acceptors (Lipinski definition) is 7. The summed E-state index contributed by atoms with van der Waals surface area (Å²) in [6.07, 6.45) is 0. The van der Waals surface area contributed by atoms with Crippen molar-refractivity contribution in [1.29, 1.82) is 5.26 Å². The molecule has 3 aromatic rings. The Morgan fingerprint density at radius 1 is 1.16 bits per heavy atom. The molecular formula is C24H24BrN5OS. The van der Waals surface area contributed by atoms with Crippen molar-refractivity contribution >= 4 is 39.2 Å². The molecule has 3 rings (SSSR count). The third-order valence-electron chi connectivity index (χ3n) is 4.50. The van der Waals surface area contributed by atoms with Crippen molar-refractivity contribution in [3.8, 4) is 23.1 Å². The van der Waals surface area contributed by atoms with Crippen LogP contribution in [0.3, 0.4) is 0 Å². The van der Waals surface area contributed by atoms with E-state index in [1.165, 1.54) is 0 Å². The highest BCUT2D eigenvalue weighted by Gasteiger charge is 2.17. The van der Waals surface area contributed by atoms with Gasteiger partial charge in [0, 0.05) is 15.8 Å². The smallest absolute Gasteiger partial charge is 0.190 e. The van der Waals surface area contributed by atoms with Gasteiger partial charge in [0.05, 0.1) is 18.5 Å². The maximum absolute atomic E-state index is 9.93. The lowest BCUT2D eigenvalue weighted by Crippen LogP contribution is -2.06. The maximum Gasteiger partial charge on any atom is 0.190 e. The van der Waals surface area contributed by atoms with E-state index >= 15 is 0 Å². The van der Waals surface area contributed by atoms with Crippen molar-refractivity contribution in [3.63, 3.8) is 0 Å². The van der Waals surface area contributed by atoms with Crippen LogP contribution in [0.5, 0.6) is 5.75 Å². The van der Waals surface area contributed by atoms with Gasteiger partial charge in [0.25, 0.3) is 0 Å². The largest absolute Gasteiger partial charge is 0.497 e. The Morgan fingerprint density at radius 2 is 1.84 bits per heavy atom. The number of thioether (sulfide) groups is 1. The van der Waals surface area contributed by atoms with Crippen LogP contribution in [0.4, 0.5) is 5.82 Å². The molecule has 0 aliphatic heterocycles. The van der Waals surface area contributed by atoms with Gasteiger partial charge in [-0.1, -0.05) is 53.7 Å². The topological polar surface area (TPSA) is 83.2 Å². The molecule has 8 heteroatoms. The second kappa shape index (κ2) is 11.1. The highest BCUT2D eigenvalue weighted by atomic mass is 79.9. The molecule has 0 saturated carbocycles. The van der Waals surface area contributed by atoms with E-state index in [1.54, 1.807) is 18.9 Å². The molecule has 0 fully saturated rings. The number of halogens is 1. The molecule has 0 aliphatic carbocycles. The molecule has 164 valence electrons. The van der Waals surface area contributed by atoms with Crippen LogP contribution >= 0.6 is 27.7 Å². The summed E-state index contributed by atoms with van der Waals surface area (Å²) < 4.78 is 6.25. The van der Waals surface area contributed by atoms with Crippen LogP contribution in [-0.4, -0.2) is 28.5 Å². The van der Waals surface area contributed by atoms with Crippen LogP contribution in [0.15, 0.2) is 63.3 Å². The van der Waals surface area contributed by atoms with Crippen molar-refractivity contribution < 1.29 is 4.74 Å².